The van der Waals surface area contributed by atoms with E-state index in [1.807, 2.05) is 60.7 Å². The maximum atomic E-state index is 6.16. The van der Waals surface area contributed by atoms with Crippen molar-refractivity contribution >= 4 is 133 Å². The topological polar surface area (TPSA) is 101 Å². The van der Waals surface area contributed by atoms with Gasteiger partial charge in [0.1, 0.15) is 44.7 Å². The Morgan fingerprint density at radius 3 is 0.971 bits per heavy atom. The summed E-state index contributed by atoms with van der Waals surface area (Å²) in [5.41, 5.74) is 41.2. The number of benzene rings is 20. The molecule has 20 aromatic carbocycles. The summed E-state index contributed by atoms with van der Waals surface area (Å²) in [6.07, 6.45) is 0. The van der Waals surface area contributed by atoms with E-state index in [1.54, 1.807) is 0 Å². The van der Waals surface area contributed by atoms with Gasteiger partial charge in [0, 0.05) is 82.8 Å². The lowest BCUT2D eigenvalue weighted by atomic mass is 9.67. The Labute approximate surface area is 788 Å². The highest BCUT2D eigenvalue weighted by Crippen LogP contribution is 2.61. The van der Waals surface area contributed by atoms with Crippen molar-refractivity contribution in [3.8, 4) is 44.5 Å². The van der Waals surface area contributed by atoms with Crippen molar-refractivity contribution < 1.29 is 17.7 Å². The summed E-state index contributed by atoms with van der Waals surface area (Å²) >= 11 is 0. The van der Waals surface area contributed by atoms with Crippen molar-refractivity contribution in [2.24, 2.45) is 0 Å². The van der Waals surface area contributed by atoms with Gasteiger partial charge < -0.3 is 38.9 Å². The van der Waals surface area contributed by atoms with E-state index >= 15 is 0 Å². The molecule has 0 spiro atoms. The van der Waals surface area contributed by atoms with Crippen LogP contribution >= 0.6 is 0 Å². The fourth-order valence-corrected chi connectivity index (χ4v) is 22.8. The van der Waals surface area contributed by atoms with Gasteiger partial charge >= 0.3 is 0 Å². The zero-order valence-electron chi connectivity index (χ0n) is 75.5. The van der Waals surface area contributed by atoms with E-state index in [0.29, 0.717) is 0 Å². The lowest BCUT2D eigenvalue weighted by Gasteiger charge is -2.34. The first-order chi connectivity index (χ1) is 66.9. The first-order valence-electron chi connectivity index (χ1n) is 46.8. The van der Waals surface area contributed by atoms with Crippen LogP contribution in [0, 0.1) is 0 Å². The molecule has 136 heavy (non-hydrogen) atoms. The molecule has 4 heterocycles. The Bertz CT molecular complexity index is 8740. The minimum Gasteiger partial charge on any atom is -0.456 e. The molecule has 0 atom stereocenters. The molecule has 0 saturated carbocycles. The van der Waals surface area contributed by atoms with E-state index < -0.39 is 10.8 Å². The highest BCUT2D eigenvalue weighted by molar-refractivity contribution is 6.14. The van der Waals surface area contributed by atoms with E-state index in [2.05, 4.69) is 449 Å². The lowest BCUT2D eigenvalue weighted by molar-refractivity contribution is 0.660. The van der Waals surface area contributed by atoms with Crippen molar-refractivity contribution in [1.82, 2.24) is 0 Å². The molecule has 0 saturated heterocycles. The maximum absolute atomic E-state index is 6.16. The smallest absolute Gasteiger partial charge is 0.137 e. The Kier molecular flexibility index (Phi) is 19.2. The van der Waals surface area contributed by atoms with Gasteiger partial charge in [-0.15, -0.1) is 0 Å². The quantitative estimate of drug-likeness (QED) is 0.0960. The predicted octanol–water partition coefficient (Wildman–Crippen LogP) is 34.7. The second kappa shape index (κ2) is 32.4. The number of fused-ring (bicyclic) bond motifs is 24. The molecule has 8 nitrogen and oxygen atoms in total. The molecule has 28 rings (SSSR count). The average molecular weight is 1750 g/mol. The van der Waals surface area contributed by atoms with Crippen molar-refractivity contribution in [1.29, 1.82) is 0 Å². The van der Waals surface area contributed by atoms with E-state index in [9.17, 15) is 0 Å². The summed E-state index contributed by atoms with van der Waals surface area (Å²) in [4.78, 5) is 0. The zero-order valence-corrected chi connectivity index (χ0v) is 75.5. The van der Waals surface area contributed by atoms with Crippen molar-refractivity contribution in [2.45, 2.75) is 49.4 Å². The van der Waals surface area contributed by atoms with E-state index in [4.69, 9.17) is 17.7 Å². The van der Waals surface area contributed by atoms with Gasteiger partial charge in [0.2, 0.25) is 0 Å². The number of rotatable bonds is 12. The summed E-state index contributed by atoms with van der Waals surface area (Å²) in [6, 6.07) is 164. The van der Waals surface area contributed by atoms with Crippen LogP contribution in [0.4, 0.5) is 45.5 Å². The van der Waals surface area contributed by atoms with Gasteiger partial charge in [-0.3, -0.25) is 0 Å². The Morgan fingerprint density at radius 2 is 0.478 bits per heavy atom. The van der Waals surface area contributed by atoms with Crippen LogP contribution in [-0.2, 0) is 21.7 Å². The molecule has 0 aliphatic heterocycles. The van der Waals surface area contributed by atoms with Gasteiger partial charge in [0.15, 0.2) is 0 Å². The molecule has 4 aromatic heterocycles. The third-order valence-corrected chi connectivity index (χ3v) is 28.8. The molecule has 0 unspecified atom stereocenters. The number of anilines is 8. The molecule has 4 aliphatic carbocycles. The third-order valence-electron chi connectivity index (χ3n) is 28.8. The summed E-state index contributed by atoms with van der Waals surface area (Å²) in [5, 5.41) is 23.9. The maximum Gasteiger partial charge on any atom is 0.137 e. The largest absolute Gasteiger partial charge is 0.456 e. The molecule has 0 bridgehead atoms. The van der Waals surface area contributed by atoms with Gasteiger partial charge in [-0.25, -0.2) is 0 Å². The summed E-state index contributed by atoms with van der Waals surface area (Å²) in [6.45, 7) is 9.25. The number of nitrogens with one attached hydrogen (secondary N) is 4. The van der Waals surface area contributed by atoms with E-state index in [0.717, 1.165) is 133 Å². The van der Waals surface area contributed by atoms with E-state index in [-0.39, 0.29) is 10.8 Å². The van der Waals surface area contributed by atoms with Crippen molar-refractivity contribution in [3.63, 3.8) is 0 Å². The zero-order chi connectivity index (χ0) is 90.8. The fraction of sp³-hybridized carbons (Fsp3) is 0.0625. The first-order valence-corrected chi connectivity index (χ1v) is 46.8. The summed E-state index contributed by atoms with van der Waals surface area (Å²) < 4.78 is 24.3. The highest BCUT2D eigenvalue weighted by Gasteiger charge is 2.48. The minimum atomic E-state index is -0.416. The van der Waals surface area contributed by atoms with Crippen LogP contribution in [-0.4, -0.2) is 0 Å². The molecule has 0 radical (unpaired) electrons. The van der Waals surface area contributed by atoms with Crippen LogP contribution in [0.25, 0.3) is 132 Å². The van der Waals surface area contributed by atoms with Crippen LogP contribution < -0.4 is 21.3 Å². The molecule has 24 aromatic rings. The molecule has 4 aliphatic rings. The lowest BCUT2D eigenvalue weighted by Crippen LogP contribution is -2.28. The average Bonchev–Trinajstić information content (AvgIpc) is 1.53. The van der Waals surface area contributed by atoms with Crippen LogP contribution in [0.5, 0.6) is 0 Å². The van der Waals surface area contributed by atoms with Crippen LogP contribution in [0.3, 0.4) is 0 Å². The van der Waals surface area contributed by atoms with Crippen LogP contribution in [0.2, 0.25) is 0 Å². The van der Waals surface area contributed by atoms with Gasteiger partial charge in [-0.1, -0.05) is 367 Å². The number of hydrogen-bond donors (Lipinski definition) is 4. The monoisotopic (exact) mass is 1750 g/mol. The van der Waals surface area contributed by atoms with Gasteiger partial charge in [-0.05, 0) is 227 Å². The van der Waals surface area contributed by atoms with Crippen LogP contribution in [0.15, 0.2) is 479 Å². The molecule has 8 heteroatoms. The molecular formula is C128H92N4O4. The second-order valence-electron chi connectivity index (χ2n) is 37.0. The van der Waals surface area contributed by atoms with Gasteiger partial charge in [0.25, 0.3) is 0 Å². The second-order valence-corrected chi connectivity index (χ2v) is 37.0. The Balaban J connectivity index is 0.0000000975. The van der Waals surface area contributed by atoms with Gasteiger partial charge in [-0.2, -0.15) is 0 Å². The summed E-state index contributed by atoms with van der Waals surface area (Å²) in [5.74, 6) is 0. The molecular weight excluding hydrogens is 1660 g/mol. The SMILES string of the molecule is CC1(C)c2ccccc2-c2c(Nc3ccc4oc5ccccc5c4c3)cccc21.CC1(C)c2ccccc2-c2cccc(Nc3cccc4oc5ccccc5c34)c21.c1ccc(C2(c3ccccc3)c3ccccc3-c3ccc(Nc4ccc5oc6ccccc6c5c4)cc32)cc1.c1ccc(C2(c3ccccc3)c3ccccc3-c3ccc(Nc4cccc5oc6ccccc6c45)cc32)cc1. The van der Waals surface area contributed by atoms with Crippen molar-refractivity contribution in [3.05, 3.63) is 528 Å². The standard InChI is InChI=1S/2C37H25NO.2C27H21NO/c1-3-12-25(13-4-1)37(26-14-5-2-6-15-26)31-18-9-7-16-28(31)29-23-22-27(24-32(29)37)38-33-19-11-21-35-36(33)30-17-8-10-20-34(30)39-35;1-3-11-25(12-4-1)37(26-13-5-2-6-14-26)33-17-9-7-15-29(33)30-21-19-28(24-34(30)37)38-27-20-22-36-32(23-27)31-16-8-10-18-35(31)39-36;1-27(2)20-12-5-3-9-17(20)18-11-7-14-22(26(18)27)28-21-13-8-16-24-25(21)19-10-4-6-15-23(19)29-24;1-27(2)21-10-5-3-9-19(21)26-22(27)11-7-12-23(26)28-17-14-15-25-20(16-17)18-8-4-6-13-24(18)29-25/h2*1-24,38H;2*3-16,28H,1-2H3. The number of furan rings is 4. The molecule has 0 amide bonds. The molecule has 4 N–H and O–H groups in total. The fourth-order valence-electron chi connectivity index (χ4n) is 22.8. The third kappa shape index (κ3) is 13.0. The Hall–Kier alpha value is -17.2. The minimum absolute atomic E-state index is 0.00827. The first kappa shape index (κ1) is 80.8. The van der Waals surface area contributed by atoms with E-state index in [1.165, 1.54) is 111 Å². The van der Waals surface area contributed by atoms with Gasteiger partial charge in [0.05, 0.1) is 33.0 Å². The number of hydrogen-bond acceptors (Lipinski definition) is 8. The van der Waals surface area contributed by atoms with Crippen LogP contribution in [0.1, 0.15) is 94.5 Å². The normalized spacial score (nSPS) is 13.7. The van der Waals surface area contributed by atoms with Crippen molar-refractivity contribution in [2.75, 3.05) is 21.3 Å². The summed E-state index contributed by atoms with van der Waals surface area (Å²) in [7, 11) is 0. The molecule has 648 valence electrons. The number of para-hydroxylation sites is 4. The Morgan fingerprint density at radius 1 is 0.176 bits per heavy atom. The molecule has 0 fully saturated rings. The predicted molar refractivity (Wildman–Crippen MR) is 564 cm³/mol. The highest BCUT2D eigenvalue weighted by atomic mass is 16.3.